The van der Waals surface area contributed by atoms with Gasteiger partial charge in [-0.05, 0) is 23.6 Å². The first-order valence-corrected chi connectivity index (χ1v) is 9.30. The number of hydrogen-bond donors (Lipinski definition) is 1. The van der Waals surface area contributed by atoms with Crippen LogP contribution in [0, 0.1) is 0 Å². The lowest BCUT2D eigenvalue weighted by atomic mass is 10.1. The number of nitrogens with one attached hydrogen (secondary N) is 1. The van der Waals surface area contributed by atoms with Crippen LogP contribution in [0.1, 0.15) is 18.4 Å². The summed E-state index contributed by atoms with van der Waals surface area (Å²) in [4.78, 5) is 31.2. The molecule has 8 nitrogen and oxygen atoms in total. The molecule has 2 aromatic heterocycles. The Morgan fingerprint density at radius 3 is 2.75 bits per heavy atom. The zero-order valence-electron chi connectivity index (χ0n) is 15.6. The molecule has 0 spiro atoms. The summed E-state index contributed by atoms with van der Waals surface area (Å²) in [5.74, 6) is 0.490. The van der Waals surface area contributed by atoms with E-state index in [9.17, 15) is 9.59 Å². The lowest BCUT2D eigenvalue weighted by Gasteiger charge is -2.33. The Bertz CT molecular complexity index is 1080. The van der Waals surface area contributed by atoms with Crippen LogP contribution in [0.3, 0.4) is 0 Å². The highest BCUT2D eigenvalue weighted by Gasteiger charge is 2.23. The van der Waals surface area contributed by atoms with E-state index in [1.54, 1.807) is 17.0 Å². The molecular formula is C20H21N5O3. The van der Waals surface area contributed by atoms with Crippen LogP contribution in [0.25, 0.3) is 17.0 Å². The molecule has 3 aromatic rings. The van der Waals surface area contributed by atoms with Gasteiger partial charge in [0.25, 0.3) is 5.56 Å². The highest BCUT2D eigenvalue weighted by molar-refractivity contribution is 5.92. The van der Waals surface area contributed by atoms with E-state index in [-0.39, 0.29) is 11.5 Å². The maximum atomic E-state index is 12.5. The van der Waals surface area contributed by atoms with E-state index < -0.39 is 0 Å². The molecule has 1 aliphatic heterocycles. The number of anilines is 1. The van der Waals surface area contributed by atoms with Gasteiger partial charge in [-0.25, -0.2) is 0 Å². The number of benzene rings is 1. The summed E-state index contributed by atoms with van der Waals surface area (Å²) < 4.78 is 5.57. The van der Waals surface area contributed by atoms with Gasteiger partial charge >= 0.3 is 6.01 Å². The number of rotatable bonds is 4. The lowest BCUT2D eigenvalue weighted by molar-refractivity contribution is -0.126. The first-order valence-electron chi connectivity index (χ1n) is 9.30. The fourth-order valence-electron chi connectivity index (χ4n) is 3.19. The molecule has 0 radical (unpaired) electrons. The summed E-state index contributed by atoms with van der Waals surface area (Å²) in [6, 6.07) is 9.84. The molecule has 1 fully saturated rings. The summed E-state index contributed by atoms with van der Waals surface area (Å²) in [5, 5.41) is 8.94. The minimum Gasteiger partial charge on any atom is -0.408 e. The standard InChI is InChI=1S/C20H21N5O3/c1-2-17-22-23-20(28-17)25-11-9-24(10-12-25)18(26)8-7-15-13-14-5-3-4-6-16(14)21-19(15)27/h3-8,13H,2,9-12H2,1H3,(H,21,27)/b8-7+. The van der Waals surface area contributed by atoms with E-state index in [0.29, 0.717) is 50.1 Å². The number of fused-ring (bicyclic) bond motifs is 1. The van der Waals surface area contributed by atoms with Crippen molar-refractivity contribution in [2.75, 3.05) is 31.1 Å². The van der Waals surface area contributed by atoms with Crippen molar-refractivity contribution >= 4 is 28.9 Å². The van der Waals surface area contributed by atoms with Crippen molar-refractivity contribution < 1.29 is 9.21 Å². The van der Waals surface area contributed by atoms with Crippen LogP contribution < -0.4 is 10.5 Å². The second-order valence-corrected chi connectivity index (χ2v) is 6.62. The number of carbonyl (C=O) groups excluding carboxylic acids is 1. The quantitative estimate of drug-likeness (QED) is 0.695. The van der Waals surface area contributed by atoms with Gasteiger partial charge in [-0.1, -0.05) is 30.2 Å². The second-order valence-electron chi connectivity index (χ2n) is 6.62. The highest BCUT2D eigenvalue weighted by Crippen LogP contribution is 2.15. The molecule has 1 saturated heterocycles. The maximum absolute atomic E-state index is 12.5. The highest BCUT2D eigenvalue weighted by atomic mass is 16.4. The van der Waals surface area contributed by atoms with Crippen molar-refractivity contribution in [1.82, 2.24) is 20.1 Å². The van der Waals surface area contributed by atoms with Crippen LogP contribution in [0.2, 0.25) is 0 Å². The number of pyridine rings is 1. The minimum absolute atomic E-state index is 0.119. The van der Waals surface area contributed by atoms with E-state index in [2.05, 4.69) is 15.2 Å². The summed E-state index contributed by atoms with van der Waals surface area (Å²) in [7, 11) is 0. The average Bonchev–Trinajstić information content (AvgIpc) is 3.21. The fourth-order valence-corrected chi connectivity index (χ4v) is 3.19. The number of para-hydroxylation sites is 1. The SMILES string of the molecule is CCc1nnc(N2CCN(C(=O)/C=C/c3cc4ccccc4[nH]c3=O)CC2)o1. The third-order valence-corrected chi connectivity index (χ3v) is 4.81. The summed E-state index contributed by atoms with van der Waals surface area (Å²) in [6.45, 7) is 4.33. The Hall–Kier alpha value is -3.42. The normalized spacial score (nSPS) is 14.9. The van der Waals surface area contributed by atoms with Crippen molar-refractivity contribution in [2.45, 2.75) is 13.3 Å². The molecule has 0 bridgehead atoms. The first kappa shape index (κ1) is 18.0. The number of aromatic nitrogens is 3. The summed E-state index contributed by atoms with van der Waals surface area (Å²) in [5.41, 5.74) is 1.03. The van der Waals surface area contributed by atoms with Crippen molar-refractivity contribution in [3.63, 3.8) is 0 Å². The third-order valence-electron chi connectivity index (χ3n) is 4.81. The molecular weight excluding hydrogens is 358 g/mol. The van der Waals surface area contributed by atoms with Gasteiger partial charge in [0.05, 0.1) is 0 Å². The van der Waals surface area contributed by atoms with Crippen molar-refractivity contribution in [2.24, 2.45) is 0 Å². The average molecular weight is 379 g/mol. The van der Waals surface area contributed by atoms with Crippen LogP contribution in [-0.2, 0) is 11.2 Å². The molecule has 144 valence electrons. The van der Waals surface area contributed by atoms with Crippen molar-refractivity contribution in [3.05, 3.63) is 58.2 Å². The number of piperazine rings is 1. The molecule has 4 rings (SSSR count). The van der Waals surface area contributed by atoms with E-state index >= 15 is 0 Å². The number of aryl methyl sites for hydroxylation is 1. The van der Waals surface area contributed by atoms with E-state index in [4.69, 9.17) is 4.42 Å². The van der Waals surface area contributed by atoms with Gasteiger partial charge in [0.1, 0.15) is 0 Å². The zero-order chi connectivity index (χ0) is 19.5. The monoisotopic (exact) mass is 379 g/mol. The number of carbonyl (C=O) groups is 1. The van der Waals surface area contributed by atoms with E-state index in [1.807, 2.05) is 36.1 Å². The molecule has 0 atom stereocenters. The smallest absolute Gasteiger partial charge is 0.318 e. The van der Waals surface area contributed by atoms with Gasteiger partial charge in [-0.3, -0.25) is 9.59 Å². The van der Waals surface area contributed by atoms with Crippen LogP contribution >= 0.6 is 0 Å². The Morgan fingerprint density at radius 1 is 1.21 bits per heavy atom. The molecule has 0 saturated carbocycles. The lowest BCUT2D eigenvalue weighted by Crippen LogP contribution is -2.48. The van der Waals surface area contributed by atoms with Crippen molar-refractivity contribution in [1.29, 1.82) is 0 Å². The third kappa shape index (κ3) is 3.66. The van der Waals surface area contributed by atoms with Gasteiger partial charge in [0.2, 0.25) is 11.8 Å². The zero-order valence-corrected chi connectivity index (χ0v) is 15.6. The molecule has 1 N–H and O–H groups in total. The predicted octanol–water partition coefficient (Wildman–Crippen LogP) is 1.84. The second kappa shape index (κ2) is 7.67. The fraction of sp³-hybridized carbons (Fsp3) is 0.300. The number of H-pyrrole nitrogens is 1. The molecule has 1 amide bonds. The number of hydrogen-bond acceptors (Lipinski definition) is 6. The van der Waals surface area contributed by atoms with Gasteiger partial charge in [0, 0.05) is 49.8 Å². The maximum Gasteiger partial charge on any atom is 0.318 e. The van der Waals surface area contributed by atoms with Crippen LogP contribution in [0.5, 0.6) is 0 Å². The van der Waals surface area contributed by atoms with Gasteiger partial charge in [-0.2, -0.15) is 0 Å². The topological polar surface area (TPSA) is 95.3 Å². The molecule has 8 heteroatoms. The Balaban J connectivity index is 1.40. The van der Waals surface area contributed by atoms with Crippen molar-refractivity contribution in [3.8, 4) is 0 Å². The predicted molar refractivity (Wildman–Crippen MR) is 106 cm³/mol. The van der Waals surface area contributed by atoms with Gasteiger partial charge < -0.3 is 19.2 Å². The Labute approximate surface area is 161 Å². The van der Waals surface area contributed by atoms with Crippen LogP contribution in [-0.4, -0.2) is 52.2 Å². The minimum atomic E-state index is -0.212. The molecule has 0 aliphatic carbocycles. The molecule has 1 aliphatic rings. The number of nitrogens with zero attached hydrogens (tertiary/aromatic N) is 4. The Kier molecular flexibility index (Phi) is 4.92. The summed E-state index contributed by atoms with van der Waals surface area (Å²) in [6.07, 6.45) is 3.73. The number of aromatic amines is 1. The van der Waals surface area contributed by atoms with Crippen LogP contribution in [0.4, 0.5) is 6.01 Å². The van der Waals surface area contributed by atoms with E-state index in [0.717, 1.165) is 10.9 Å². The molecule has 0 unspecified atom stereocenters. The number of amides is 1. The molecule has 28 heavy (non-hydrogen) atoms. The first-order chi connectivity index (χ1) is 13.6. The van der Waals surface area contributed by atoms with Gasteiger partial charge in [0.15, 0.2) is 0 Å². The van der Waals surface area contributed by atoms with E-state index in [1.165, 1.54) is 6.08 Å². The van der Waals surface area contributed by atoms with Crippen LogP contribution in [0.15, 0.2) is 45.6 Å². The summed E-state index contributed by atoms with van der Waals surface area (Å²) >= 11 is 0. The van der Waals surface area contributed by atoms with Gasteiger partial charge in [-0.15, -0.1) is 5.10 Å². The largest absolute Gasteiger partial charge is 0.408 e. The Morgan fingerprint density at radius 2 is 2.00 bits per heavy atom. The molecule has 1 aromatic carbocycles. The molecule has 3 heterocycles.